The van der Waals surface area contributed by atoms with E-state index in [0.717, 1.165) is 36.8 Å². The van der Waals surface area contributed by atoms with Crippen LogP contribution in [-0.2, 0) is 4.79 Å². The number of piperidine rings is 1. The number of fused-ring (bicyclic) bond motifs is 1. The first-order valence-electron chi connectivity index (χ1n) is 6.40. The average molecular weight is 334 g/mol. The molecule has 1 atom stereocenters. The van der Waals surface area contributed by atoms with E-state index in [9.17, 15) is 13.6 Å². The molecule has 2 aromatic rings. The molecule has 114 valence electrons. The molecule has 1 unspecified atom stereocenters. The fraction of sp³-hybridized carbons (Fsp3) is 0.385. The molecular weight excluding hydrogens is 320 g/mol. The minimum Gasteiger partial charge on any atom is -0.316 e. The second-order valence-electron chi connectivity index (χ2n) is 4.79. The van der Waals surface area contributed by atoms with Crippen LogP contribution in [0, 0.1) is 17.6 Å². The molecule has 0 spiro atoms. The van der Waals surface area contributed by atoms with Crippen molar-refractivity contribution in [1.82, 2.24) is 10.3 Å². The first-order valence-corrected chi connectivity index (χ1v) is 7.22. The summed E-state index contributed by atoms with van der Waals surface area (Å²) < 4.78 is 27.0. The van der Waals surface area contributed by atoms with Crippen molar-refractivity contribution in [1.29, 1.82) is 0 Å². The molecule has 1 saturated heterocycles. The Morgan fingerprint density at radius 2 is 2.24 bits per heavy atom. The van der Waals surface area contributed by atoms with E-state index >= 15 is 0 Å². The Morgan fingerprint density at radius 3 is 2.95 bits per heavy atom. The summed E-state index contributed by atoms with van der Waals surface area (Å²) in [6, 6.07) is 2.01. The quantitative estimate of drug-likeness (QED) is 0.888. The minimum absolute atomic E-state index is 0. The average Bonchev–Trinajstić information content (AvgIpc) is 2.82. The zero-order chi connectivity index (χ0) is 14.1. The van der Waals surface area contributed by atoms with Crippen molar-refractivity contribution in [3.05, 3.63) is 23.8 Å². The summed E-state index contributed by atoms with van der Waals surface area (Å²) in [6.45, 7) is 1.56. The van der Waals surface area contributed by atoms with Gasteiger partial charge >= 0.3 is 0 Å². The summed E-state index contributed by atoms with van der Waals surface area (Å²) in [6.07, 6.45) is 1.78. The highest BCUT2D eigenvalue weighted by molar-refractivity contribution is 7.22. The van der Waals surface area contributed by atoms with Crippen LogP contribution in [0.1, 0.15) is 12.8 Å². The third-order valence-electron chi connectivity index (χ3n) is 3.31. The van der Waals surface area contributed by atoms with Gasteiger partial charge in [0.2, 0.25) is 5.91 Å². The number of anilines is 1. The zero-order valence-corrected chi connectivity index (χ0v) is 12.6. The number of rotatable bonds is 2. The van der Waals surface area contributed by atoms with Crippen molar-refractivity contribution in [3.8, 4) is 0 Å². The van der Waals surface area contributed by atoms with Crippen molar-refractivity contribution in [2.75, 3.05) is 18.4 Å². The van der Waals surface area contributed by atoms with Gasteiger partial charge in [0.25, 0.3) is 0 Å². The maximum Gasteiger partial charge on any atom is 0.230 e. The highest BCUT2D eigenvalue weighted by atomic mass is 35.5. The van der Waals surface area contributed by atoms with Gasteiger partial charge < -0.3 is 10.6 Å². The number of thiazole rings is 1. The van der Waals surface area contributed by atoms with Gasteiger partial charge in [0.05, 0.1) is 10.6 Å². The number of nitrogens with zero attached hydrogens (tertiary/aromatic N) is 1. The van der Waals surface area contributed by atoms with E-state index in [1.807, 2.05) is 0 Å². The number of halogens is 3. The number of aromatic nitrogens is 1. The first kappa shape index (κ1) is 16.1. The number of nitrogens with one attached hydrogen (secondary N) is 2. The van der Waals surface area contributed by atoms with Gasteiger partial charge in [-0.2, -0.15) is 0 Å². The summed E-state index contributed by atoms with van der Waals surface area (Å²) in [7, 11) is 0. The van der Waals surface area contributed by atoms with Crippen LogP contribution < -0.4 is 10.6 Å². The molecule has 1 aliphatic heterocycles. The SMILES string of the molecule is Cl.O=C(Nc1nc2c(F)cc(F)cc2s1)C1CCCNC1. The van der Waals surface area contributed by atoms with Crippen molar-refractivity contribution in [2.45, 2.75) is 12.8 Å². The molecule has 3 rings (SSSR count). The third-order valence-corrected chi connectivity index (χ3v) is 4.23. The minimum atomic E-state index is -0.712. The Balaban J connectivity index is 0.00000161. The van der Waals surface area contributed by atoms with Crippen LogP contribution >= 0.6 is 23.7 Å². The van der Waals surface area contributed by atoms with E-state index in [4.69, 9.17) is 0 Å². The fourth-order valence-electron chi connectivity index (χ4n) is 2.29. The van der Waals surface area contributed by atoms with Crippen LogP contribution in [0.15, 0.2) is 12.1 Å². The molecule has 1 aromatic heterocycles. The standard InChI is InChI=1S/C13H13F2N3OS.ClH/c14-8-4-9(15)11-10(5-8)20-13(17-11)18-12(19)7-2-1-3-16-6-7;/h4-5,7,16H,1-3,6H2,(H,17,18,19);1H. The van der Waals surface area contributed by atoms with Gasteiger partial charge in [-0.25, -0.2) is 13.8 Å². The van der Waals surface area contributed by atoms with Gasteiger partial charge in [0, 0.05) is 12.6 Å². The van der Waals surface area contributed by atoms with Gasteiger partial charge in [-0.1, -0.05) is 11.3 Å². The third kappa shape index (κ3) is 3.48. The van der Waals surface area contributed by atoms with Crippen LogP contribution in [0.5, 0.6) is 0 Å². The summed E-state index contributed by atoms with van der Waals surface area (Å²) in [5.41, 5.74) is 0.0912. The van der Waals surface area contributed by atoms with Crippen molar-refractivity contribution >= 4 is 45.0 Å². The molecular formula is C13H14ClF2N3OS. The molecule has 1 aromatic carbocycles. The van der Waals surface area contributed by atoms with Gasteiger partial charge in [-0.3, -0.25) is 4.79 Å². The highest BCUT2D eigenvalue weighted by Crippen LogP contribution is 2.29. The fourth-order valence-corrected chi connectivity index (χ4v) is 3.20. The largest absolute Gasteiger partial charge is 0.316 e. The molecule has 8 heteroatoms. The molecule has 1 fully saturated rings. The lowest BCUT2D eigenvalue weighted by molar-refractivity contribution is -0.120. The monoisotopic (exact) mass is 333 g/mol. The number of hydrogen-bond donors (Lipinski definition) is 2. The Labute approximate surface area is 130 Å². The zero-order valence-electron chi connectivity index (χ0n) is 11.0. The van der Waals surface area contributed by atoms with Gasteiger partial charge in [0.1, 0.15) is 11.3 Å². The second-order valence-corrected chi connectivity index (χ2v) is 5.82. The number of amides is 1. The topological polar surface area (TPSA) is 54.0 Å². The van der Waals surface area contributed by atoms with Crippen LogP contribution in [0.4, 0.5) is 13.9 Å². The maximum absolute atomic E-state index is 13.5. The van der Waals surface area contributed by atoms with E-state index < -0.39 is 11.6 Å². The number of benzene rings is 1. The van der Waals surface area contributed by atoms with Gasteiger partial charge in [-0.15, -0.1) is 12.4 Å². The molecule has 2 heterocycles. The van der Waals surface area contributed by atoms with E-state index in [-0.39, 0.29) is 29.7 Å². The van der Waals surface area contributed by atoms with E-state index in [2.05, 4.69) is 15.6 Å². The molecule has 1 aliphatic rings. The lowest BCUT2D eigenvalue weighted by Gasteiger charge is -2.21. The first-order chi connectivity index (χ1) is 9.63. The Kier molecular flexibility index (Phi) is 5.08. The number of hydrogen-bond acceptors (Lipinski definition) is 4. The number of carbonyl (C=O) groups excluding carboxylic acids is 1. The highest BCUT2D eigenvalue weighted by Gasteiger charge is 2.22. The van der Waals surface area contributed by atoms with Crippen LogP contribution in [-0.4, -0.2) is 24.0 Å². The normalized spacial score (nSPS) is 18.3. The number of carbonyl (C=O) groups is 1. The molecule has 0 aliphatic carbocycles. The van der Waals surface area contributed by atoms with Crippen LogP contribution in [0.3, 0.4) is 0 Å². The van der Waals surface area contributed by atoms with Gasteiger partial charge in [-0.05, 0) is 25.5 Å². The maximum atomic E-state index is 13.5. The second kappa shape index (κ2) is 6.64. The van der Waals surface area contributed by atoms with Crippen molar-refractivity contribution in [3.63, 3.8) is 0 Å². The Hall–Kier alpha value is -1.31. The van der Waals surface area contributed by atoms with Crippen LogP contribution in [0.25, 0.3) is 10.2 Å². The summed E-state index contributed by atoms with van der Waals surface area (Å²) >= 11 is 1.07. The van der Waals surface area contributed by atoms with Gasteiger partial charge in [0.15, 0.2) is 10.9 Å². The van der Waals surface area contributed by atoms with E-state index in [0.29, 0.717) is 16.4 Å². The predicted molar refractivity (Wildman–Crippen MR) is 81.0 cm³/mol. The summed E-state index contributed by atoms with van der Waals surface area (Å²) in [5.74, 6) is -1.58. The smallest absolute Gasteiger partial charge is 0.230 e. The molecule has 0 bridgehead atoms. The predicted octanol–water partition coefficient (Wildman–Crippen LogP) is 2.93. The molecule has 4 nitrogen and oxygen atoms in total. The van der Waals surface area contributed by atoms with Crippen molar-refractivity contribution in [2.24, 2.45) is 5.92 Å². The lowest BCUT2D eigenvalue weighted by Crippen LogP contribution is -2.37. The molecule has 0 radical (unpaired) electrons. The molecule has 21 heavy (non-hydrogen) atoms. The Bertz CT molecular complexity index is 658. The van der Waals surface area contributed by atoms with E-state index in [1.54, 1.807) is 0 Å². The van der Waals surface area contributed by atoms with Crippen molar-refractivity contribution < 1.29 is 13.6 Å². The van der Waals surface area contributed by atoms with Crippen LogP contribution in [0.2, 0.25) is 0 Å². The Morgan fingerprint density at radius 1 is 1.43 bits per heavy atom. The molecule has 1 amide bonds. The van der Waals surface area contributed by atoms with E-state index in [1.165, 1.54) is 6.07 Å². The molecule has 2 N–H and O–H groups in total. The summed E-state index contributed by atoms with van der Waals surface area (Å²) in [4.78, 5) is 16.1. The lowest BCUT2D eigenvalue weighted by atomic mass is 9.99. The summed E-state index contributed by atoms with van der Waals surface area (Å²) in [5, 5.41) is 6.15. The molecule has 0 saturated carbocycles.